The molecule has 3 nitrogen and oxygen atoms in total. The van der Waals surface area contributed by atoms with Gasteiger partial charge in [-0.25, -0.2) is 0 Å². The van der Waals surface area contributed by atoms with Crippen molar-refractivity contribution in [2.24, 2.45) is 4.99 Å². The molecule has 0 bridgehead atoms. The van der Waals surface area contributed by atoms with Crippen molar-refractivity contribution in [1.29, 1.82) is 0 Å². The van der Waals surface area contributed by atoms with Gasteiger partial charge in [-0.05, 0) is 46.1 Å². The third kappa shape index (κ3) is 1.57. The number of nitrogens with one attached hydrogen (secondary N) is 1. The molecule has 84 valence electrons. The SMILES string of the molecule is CNC1CCC2N=C(C)N(C3CC3)C2C1. The second kappa shape index (κ2) is 3.48. The van der Waals surface area contributed by atoms with Crippen LogP contribution in [0.15, 0.2) is 4.99 Å². The first-order chi connectivity index (χ1) is 7.29. The van der Waals surface area contributed by atoms with Gasteiger partial charge in [0, 0.05) is 12.1 Å². The van der Waals surface area contributed by atoms with E-state index in [-0.39, 0.29) is 0 Å². The molecule has 0 amide bonds. The van der Waals surface area contributed by atoms with Crippen LogP contribution in [-0.4, -0.2) is 42.0 Å². The topological polar surface area (TPSA) is 27.6 Å². The first kappa shape index (κ1) is 9.64. The van der Waals surface area contributed by atoms with E-state index in [0.717, 1.165) is 6.04 Å². The predicted octanol–water partition coefficient (Wildman–Crippen LogP) is 1.39. The van der Waals surface area contributed by atoms with Gasteiger partial charge in [-0.1, -0.05) is 0 Å². The third-order valence-corrected chi connectivity index (χ3v) is 4.21. The summed E-state index contributed by atoms with van der Waals surface area (Å²) in [6, 6.07) is 2.87. The Labute approximate surface area is 91.9 Å². The molecule has 1 N–H and O–H groups in total. The molecule has 3 unspecified atom stereocenters. The molecule has 0 saturated heterocycles. The normalized spacial score (nSPS) is 40.3. The summed E-state index contributed by atoms with van der Waals surface area (Å²) in [6.45, 7) is 2.20. The lowest BCUT2D eigenvalue weighted by atomic mass is 9.87. The molecule has 0 aromatic heterocycles. The summed E-state index contributed by atoms with van der Waals surface area (Å²) in [4.78, 5) is 7.46. The molecule has 2 saturated carbocycles. The lowest BCUT2D eigenvalue weighted by Gasteiger charge is -2.36. The molecule has 15 heavy (non-hydrogen) atoms. The Bertz CT molecular complexity index is 283. The number of fused-ring (bicyclic) bond motifs is 1. The zero-order valence-electron chi connectivity index (χ0n) is 9.74. The van der Waals surface area contributed by atoms with Crippen LogP contribution in [-0.2, 0) is 0 Å². The highest BCUT2D eigenvalue weighted by molar-refractivity contribution is 5.83. The molecule has 3 heteroatoms. The standard InChI is InChI=1S/C12H21N3/c1-8-14-11-6-3-9(13-2)7-12(11)15(8)10-4-5-10/h9-13H,3-7H2,1-2H3. The summed E-state index contributed by atoms with van der Waals surface area (Å²) in [7, 11) is 2.09. The highest BCUT2D eigenvalue weighted by Crippen LogP contribution is 2.38. The molecule has 1 heterocycles. The van der Waals surface area contributed by atoms with Crippen LogP contribution in [0.1, 0.15) is 39.0 Å². The Morgan fingerprint density at radius 2 is 2.07 bits per heavy atom. The zero-order chi connectivity index (χ0) is 10.4. The van der Waals surface area contributed by atoms with Gasteiger partial charge in [0.05, 0.1) is 17.9 Å². The van der Waals surface area contributed by atoms with Gasteiger partial charge in [0.2, 0.25) is 0 Å². The maximum atomic E-state index is 4.84. The number of aliphatic imine (C=N–C) groups is 1. The van der Waals surface area contributed by atoms with E-state index >= 15 is 0 Å². The van der Waals surface area contributed by atoms with E-state index in [2.05, 4.69) is 24.2 Å². The van der Waals surface area contributed by atoms with Crippen molar-refractivity contribution in [3.05, 3.63) is 0 Å². The Hall–Kier alpha value is -0.570. The molecule has 1 aliphatic heterocycles. The van der Waals surface area contributed by atoms with E-state index in [0.29, 0.717) is 18.1 Å². The molecular formula is C12H21N3. The van der Waals surface area contributed by atoms with Gasteiger partial charge in [0.25, 0.3) is 0 Å². The average Bonchev–Trinajstić information content (AvgIpc) is 3.00. The summed E-state index contributed by atoms with van der Waals surface area (Å²) in [6.07, 6.45) is 6.64. The maximum absolute atomic E-state index is 4.84. The fourth-order valence-corrected chi connectivity index (χ4v) is 3.28. The van der Waals surface area contributed by atoms with Crippen molar-refractivity contribution in [2.45, 2.75) is 63.2 Å². The minimum Gasteiger partial charge on any atom is -0.352 e. The van der Waals surface area contributed by atoms with Crippen LogP contribution in [0.25, 0.3) is 0 Å². The molecular weight excluding hydrogens is 186 g/mol. The minimum atomic E-state index is 0.607. The Balaban J connectivity index is 1.76. The van der Waals surface area contributed by atoms with Crippen molar-refractivity contribution in [2.75, 3.05) is 7.05 Å². The summed E-state index contributed by atoms with van der Waals surface area (Å²) in [5, 5.41) is 3.43. The lowest BCUT2D eigenvalue weighted by molar-refractivity contribution is 0.210. The molecule has 0 aromatic carbocycles. The smallest absolute Gasteiger partial charge is 0.0967 e. The van der Waals surface area contributed by atoms with Gasteiger partial charge in [-0.3, -0.25) is 4.99 Å². The van der Waals surface area contributed by atoms with Crippen molar-refractivity contribution in [3.63, 3.8) is 0 Å². The molecule has 3 rings (SSSR count). The van der Waals surface area contributed by atoms with Gasteiger partial charge in [-0.2, -0.15) is 0 Å². The molecule has 0 spiro atoms. The predicted molar refractivity (Wildman–Crippen MR) is 62.2 cm³/mol. The van der Waals surface area contributed by atoms with Crippen LogP contribution in [0.4, 0.5) is 0 Å². The van der Waals surface area contributed by atoms with E-state index < -0.39 is 0 Å². The van der Waals surface area contributed by atoms with E-state index in [1.807, 2.05) is 0 Å². The van der Waals surface area contributed by atoms with E-state index in [9.17, 15) is 0 Å². The minimum absolute atomic E-state index is 0.607. The molecule has 3 aliphatic rings. The van der Waals surface area contributed by atoms with E-state index in [1.54, 1.807) is 0 Å². The first-order valence-corrected chi connectivity index (χ1v) is 6.29. The summed E-state index contributed by atoms with van der Waals surface area (Å²) < 4.78 is 0. The third-order valence-electron chi connectivity index (χ3n) is 4.21. The van der Waals surface area contributed by atoms with Crippen molar-refractivity contribution >= 4 is 5.84 Å². The summed E-state index contributed by atoms with van der Waals surface area (Å²) in [5.41, 5.74) is 0. The Kier molecular flexibility index (Phi) is 2.23. The Morgan fingerprint density at radius 3 is 2.73 bits per heavy atom. The van der Waals surface area contributed by atoms with Crippen LogP contribution in [0.3, 0.4) is 0 Å². The Morgan fingerprint density at radius 1 is 1.27 bits per heavy atom. The van der Waals surface area contributed by atoms with Crippen LogP contribution in [0, 0.1) is 0 Å². The largest absolute Gasteiger partial charge is 0.352 e. The van der Waals surface area contributed by atoms with Gasteiger partial charge < -0.3 is 10.2 Å². The summed E-state index contributed by atoms with van der Waals surface area (Å²) in [5.74, 6) is 1.31. The quantitative estimate of drug-likeness (QED) is 0.741. The van der Waals surface area contributed by atoms with Crippen molar-refractivity contribution < 1.29 is 0 Å². The lowest BCUT2D eigenvalue weighted by Crippen LogP contribution is -2.48. The first-order valence-electron chi connectivity index (χ1n) is 6.29. The van der Waals surface area contributed by atoms with E-state index in [4.69, 9.17) is 4.99 Å². The number of nitrogens with zero attached hydrogens (tertiary/aromatic N) is 2. The summed E-state index contributed by atoms with van der Waals surface area (Å²) >= 11 is 0. The average molecular weight is 207 g/mol. The highest BCUT2D eigenvalue weighted by atomic mass is 15.3. The fourth-order valence-electron chi connectivity index (χ4n) is 3.28. The zero-order valence-corrected chi connectivity index (χ0v) is 9.74. The number of hydrogen-bond donors (Lipinski definition) is 1. The fraction of sp³-hybridized carbons (Fsp3) is 0.917. The van der Waals surface area contributed by atoms with Crippen LogP contribution >= 0.6 is 0 Å². The highest BCUT2D eigenvalue weighted by Gasteiger charge is 2.44. The molecule has 2 fully saturated rings. The molecule has 0 aromatic rings. The van der Waals surface area contributed by atoms with Gasteiger partial charge >= 0.3 is 0 Å². The van der Waals surface area contributed by atoms with Crippen LogP contribution in [0.5, 0.6) is 0 Å². The maximum Gasteiger partial charge on any atom is 0.0967 e. The number of rotatable bonds is 2. The molecule has 2 aliphatic carbocycles. The van der Waals surface area contributed by atoms with Crippen LogP contribution < -0.4 is 5.32 Å². The number of amidine groups is 1. The van der Waals surface area contributed by atoms with Gasteiger partial charge in [-0.15, -0.1) is 0 Å². The number of hydrogen-bond acceptors (Lipinski definition) is 3. The van der Waals surface area contributed by atoms with Crippen molar-refractivity contribution in [1.82, 2.24) is 10.2 Å². The molecule has 3 atom stereocenters. The second-order valence-electron chi connectivity index (χ2n) is 5.25. The van der Waals surface area contributed by atoms with Gasteiger partial charge in [0.1, 0.15) is 0 Å². The van der Waals surface area contributed by atoms with Gasteiger partial charge in [0.15, 0.2) is 0 Å². The van der Waals surface area contributed by atoms with E-state index in [1.165, 1.54) is 37.9 Å². The second-order valence-corrected chi connectivity index (χ2v) is 5.25. The monoisotopic (exact) mass is 207 g/mol. The van der Waals surface area contributed by atoms with Crippen LogP contribution in [0.2, 0.25) is 0 Å². The molecule has 0 radical (unpaired) electrons. The van der Waals surface area contributed by atoms with Crippen molar-refractivity contribution in [3.8, 4) is 0 Å².